The van der Waals surface area contributed by atoms with E-state index in [0.29, 0.717) is 0 Å². The first kappa shape index (κ1) is 36.6. The van der Waals surface area contributed by atoms with Gasteiger partial charge < -0.3 is 40.5 Å². The van der Waals surface area contributed by atoms with Gasteiger partial charge in [-0.15, -0.1) is 0 Å². The van der Waals surface area contributed by atoms with Gasteiger partial charge in [-0.25, -0.2) is 0 Å². The fraction of sp³-hybridized carbons (Fsp3) is 1.00. The molecular formula is C10H27S3Sn3. The van der Waals surface area contributed by atoms with Crippen molar-refractivity contribution in [2.45, 2.75) is 58.3 Å². The zero-order chi connectivity index (χ0) is 9.66. The second kappa shape index (κ2) is 42.9. The molecule has 0 saturated heterocycles. The molecule has 0 aliphatic heterocycles. The van der Waals surface area contributed by atoms with E-state index in [1.165, 1.54) is 25.7 Å². The summed E-state index contributed by atoms with van der Waals surface area (Å²) < 4.78 is 3.25. The Morgan fingerprint density at radius 1 is 0.812 bits per heavy atom. The SMILES string of the molecule is CCC[CH2][Sn+][CH2]CCC.[CH3][Sn][CH3].[SH-].[SH-].[SH-].[Sn+2]. The molecule has 0 unspecified atom stereocenters. The molecule has 0 N–H and O–H groups in total. The Labute approximate surface area is 162 Å². The van der Waals surface area contributed by atoms with Crippen LogP contribution in [-0.4, -0.2) is 66.2 Å². The van der Waals surface area contributed by atoms with Gasteiger partial charge in [-0.3, -0.25) is 0 Å². The Kier molecular flexibility index (Phi) is 98.0. The summed E-state index contributed by atoms with van der Waals surface area (Å²) >= 11 is 0.379. The van der Waals surface area contributed by atoms with Crippen molar-refractivity contribution in [1.82, 2.24) is 0 Å². The van der Waals surface area contributed by atoms with Crippen molar-refractivity contribution in [3.63, 3.8) is 0 Å². The van der Waals surface area contributed by atoms with Gasteiger partial charge in [0.05, 0.1) is 0 Å². The molecule has 5 radical (unpaired) electrons. The van der Waals surface area contributed by atoms with Crippen LogP contribution in [-0.2, 0) is 40.5 Å². The fourth-order valence-corrected chi connectivity index (χ4v) is 4.89. The van der Waals surface area contributed by atoms with Gasteiger partial charge in [0.25, 0.3) is 0 Å². The number of thiol groups is 3. The van der Waals surface area contributed by atoms with E-state index >= 15 is 0 Å². The molecular weight excluding hydrogens is 572 g/mol. The molecule has 0 aromatic heterocycles. The van der Waals surface area contributed by atoms with Gasteiger partial charge in [0, 0.05) is 0 Å². The van der Waals surface area contributed by atoms with Crippen molar-refractivity contribution in [2.75, 3.05) is 0 Å². The van der Waals surface area contributed by atoms with Gasteiger partial charge in [0.15, 0.2) is 0 Å². The third-order valence-corrected chi connectivity index (χ3v) is 5.45. The number of unbranched alkanes of at least 4 members (excludes halogenated alkanes) is 2. The van der Waals surface area contributed by atoms with Crippen LogP contribution >= 0.6 is 0 Å². The summed E-state index contributed by atoms with van der Waals surface area (Å²) in [6.45, 7) is 4.58. The third kappa shape index (κ3) is 52.9. The molecule has 0 amide bonds. The molecule has 97 valence electrons. The van der Waals surface area contributed by atoms with Gasteiger partial charge in [0.2, 0.25) is 0 Å². The minimum atomic E-state index is 0. The van der Waals surface area contributed by atoms with Crippen molar-refractivity contribution < 1.29 is 0 Å². The second-order valence-corrected chi connectivity index (χ2v) is 10.1. The normalized spacial score (nSPS) is 6.50. The maximum atomic E-state index is 2.30. The molecule has 0 bridgehead atoms. The molecule has 0 fully saturated rings. The van der Waals surface area contributed by atoms with E-state index in [-0.39, 0.29) is 107 Å². The summed E-state index contributed by atoms with van der Waals surface area (Å²) in [5.74, 6) is 0. The minimum Gasteiger partial charge on any atom is -0.813 e. The summed E-state index contributed by atoms with van der Waals surface area (Å²) in [6.07, 6.45) is 5.84. The van der Waals surface area contributed by atoms with Crippen LogP contribution in [0.15, 0.2) is 0 Å². The maximum absolute atomic E-state index is 2.30. The van der Waals surface area contributed by atoms with E-state index in [1.807, 2.05) is 0 Å². The van der Waals surface area contributed by atoms with Gasteiger partial charge in [-0.2, -0.15) is 0 Å². The number of hydrogen-bond acceptors (Lipinski definition) is 3. The summed E-state index contributed by atoms with van der Waals surface area (Å²) in [5, 5.41) is 0. The number of hydrogen-bond donors (Lipinski definition) is 0. The van der Waals surface area contributed by atoms with Crippen molar-refractivity contribution in [3.8, 4) is 0 Å². The van der Waals surface area contributed by atoms with Crippen LogP contribution in [0.3, 0.4) is 0 Å². The predicted octanol–water partition coefficient (Wildman–Crippen LogP) is 2.72. The Balaban J connectivity index is -0.0000000324. The summed E-state index contributed by atoms with van der Waals surface area (Å²) in [5.41, 5.74) is 0. The monoisotopic (exact) mass is 603 g/mol. The molecule has 0 aromatic carbocycles. The molecule has 0 atom stereocenters. The fourth-order valence-electron chi connectivity index (χ4n) is 0.729. The molecule has 0 heterocycles. The van der Waals surface area contributed by atoms with E-state index in [0.717, 1.165) is 0 Å². The van der Waals surface area contributed by atoms with Crippen LogP contribution in [0.1, 0.15) is 39.5 Å². The van der Waals surface area contributed by atoms with Crippen molar-refractivity contribution >= 4 is 107 Å². The van der Waals surface area contributed by atoms with Crippen molar-refractivity contribution in [3.05, 3.63) is 0 Å². The van der Waals surface area contributed by atoms with Gasteiger partial charge >= 0.3 is 124 Å². The topological polar surface area (TPSA) is 0 Å². The van der Waals surface area contributed by atoms with Crippen molar-refractivity contribution in [1.29, 1.82) is 0 Å². The zero-order valence-electron chi connectivity index (χ0n) is 11.1. The molecule has 6 heteroatoms. The second-order valence-electron chi connectivity index (χ2n) is 2.96. The maximum Gasteiger partial charge on any atom is 2.00 e. The van der Waals surface area contributed by atoms with E-state index < -0.39 is 0 Å². The van der Waals surface area contributed by atoms with Crippen LogP contribution in [0.5, 0.6) is 0 Å². The zero-order valence-corrected chi connectivity index (χ0v) is 22.3. The van der Waals surface area contributed by atoms with E-state index in [2.05, 4.69) is 23.7 Å². The first-order valence-electron chi connectivity index (χ1n) is 5.12. The Bertz CT molecular complexity index is 63.3. The average Bonchev–Trinajstić information content (AvgIpc) is 2.06. The van der Waals surface area contributed by atoms with Gasteiger partial charge in [0.1, 0.15) is 0 Å². The van der Waals surface area contributed by atoms with E-state index in [4.69, 9.17) is 0 Å². The van der Waals surface area contributed by atoms with E-state index in [9.17, 15) is 0 Å². The predicted molar refractivity (Wildman–Crippen MR) is 94.7 cm³/mol. The number of rotatable bonds is 6. The first-order chi connectivity index (χ1) is 5.83. The Morgan fingerprint density at radius 3 is 1.25 bits per heavy atom. The smallest absolute Gasteiger partial charge is 0.813 e. The molecule has 0 aliphatic rings. The standard InChI is InChI=1S/2C4H9.2CH3.3H2S.3Sn/c2*1-3-4-2;;;;;;;;/h2*1,3-4H2,2H3;2*1H3;3*1H2;;;/q;;;;;;;;+1;+2/p-3. The Morgan fingerprint density at radius 2 is 1.06 bits per heavy atom. The summed E-state index contributed by atoms with van der Waals surface area (Å²) in [6, 6.07) is 0. The molecule has 0 aromatic rings. The molecule has 16 heavy (non-hydrogen) atoms. The average molecular weight is 600 g/mol. The molecule has 0 rings (SSSR count). The largest absolute Gasteiger partial charge is 2.00 e. The molecule has 0 spiro atoms. The third-order valence-electron chi connectivity index (χ3n) is 1.41. The van der Waals surface area contributed by atoms with Crippen LogP contribution in [0.25, 0.3) is 0 Å². The quantitative estimate of drug-likeness (QED) is 0.200. The van der Waals surface area contributed by atoms with Crippen molar-refractivity contribution in [2.24, 2.45) is 0 Å². The molecule has 0 nitrogen and oxygen atoms in total. The molecule has 0 saturated carbocycles. The van der Waals surface area contributed by atoms with Gasteiger partial charge in [-0.05, 0) is 0 Å². The van der Waals surface area contributed by atoms with Crippen LogP contribution in [0.4, 0.5) is 0 Å². The van der Waals surface area contributed by atoms with Crippen LogP contribution < -0.4 is 0 Å². The van der Waals surface area contributed by atoms with E-state index in [1.54, 1.807) is 8.87 Å². The van der Waals surface area contributed by atoms with Crippen LogP contribution in [0, 0.1) is 0 Å². The van der Waals surface area contributed by atoms with Crippen LogP contribution in [0.2, 0.25) is 18.8 Å². The molecule has 0 aliphatic carbocycles. The summed E-state index contributed by atoms with van der Waals surface area (Å²) in [7, 11) is 0. The first-order valence-corrected chi connectivity index (χ1v) is 14.9. The Hall–Kier alpha value is 3.45. The summed E-state index contributed by atoms with van der Waals surface area (Å²) in [4.78, 5) is 4.59. The minimum absolute atomic E-state index is 0. The van der Waals surface area contributed by atoms with Gasteiger partial charge in [-0.1, -0.05) is 0 Å².